The van der Waals surface area contributed by atoms with Crippen molar-refractivity contribution >= 4 is 17.6 Å². The number of piperidine rings is 1. The second-order valence-electron chi connectivity index (χ2n) is 5.00. The smallest absolute Gasteiger partial charge is 0.325 e. The zero-order chi connectivity index (χ0) is 13.8. The molecule has 4 nitrogen and oxygen atoms in total. The van der Waals surface area contributed by atoms with E-state index in [4.69, 9.17) is 22.4 Å². The van der Waals surface area contributed by atoms with Gasteiger partial charge in [-0.25, -0.2) is 0 Å². The molecule has 0 aliphatic carbocycles. The topological polar surface area (TPSA) is 66.6 Å². The summed E-state index contributed by atoms with van der Waals surface area (Å²) in [7, 11) is 0. The first kappa shape index (κ1) is 14.3. The summed E-state index contributed by atoms with van der Waals surface area (Å²) in [6.07, 6.45) is 3.77. The van der Waals surface area contributed by atoms with E-state index in [1.54, 1.807) is 12.1 Å². The Morgan fingerprint density at radius 1 is 1.37 bits per heavy atom. The lowest BCUT2D eigenvalue weighted by atomic mass is 10.0. The number of hydrogen-bond donors (Lipinski definition) is 2. The Hall–Kier alpha value is -1.10. The Morgan fingerprint density at radius 2 is 2.05 bits per heavy atom. The van der Waals surface area contributed by atoms with Crippen LogP contribution >= 0.6 is 11.6 Å². The Kier molecular flexibility index (Phi) is 4.80. The van der Waals surface area contributed by atoms with Gasteiger partial charge in [-0.15, -0.1) is 0 Å². The fourth-order valence-corrected chi connectivity index (χ4v) is 2.63. The van der Waals surface area contributed by atoms with E-state index >= 15 is 0 Å². The minimum Gasteiger partial charge on any atom is -0.480 e. The first-order chi connectivity index (χ1) is 9.08. The van der Waals surface area contributed by atoms with Crippen molar-refractivity contribution in [3.05, 3.63) is 34.3 Å². The van der Waals surface area contributed by atoms with E-state index in [0.29, 0.717) is 10.6 Å². The monoisotopic (exact) mass is 282 g/mol. The van der Waals surface area contributed by atoms with Gasteiger partial charge >= 0.3 is 5.97 Å². The van der Waals surface area contributed by atoms with Crippen molar-refractivity contribution in [3.63, 3.8) is 0 Å². The quantitative estimate of drug-likeness (QED) is 0.890. The van der Waals surface area contributed by atoms with Crippen LogP contribution in [0.1, 0.15) is 36.4 Å². The van der Waals surface area contributed by atoms with Crippen molar-refractivity contribution in [2.75, 3.05) is 13.1 Å². The third kappa shape index (κ3) is 3.69. The second kappa shape index (κ2) is 6.37. The number of carboxylic acids is 1. The summed E-state index contributed by atoms with van der Waals surface area (Å²) in [5.74, 6) is -1.04. The summed E-state index contributed by atoms with van der Waals surface area (Å²) in [5.41, 5.74) is 7.15. The van der Waals surface area contributed by atoms with E-state index in [2.05, 4.69) is 4.90 Å². The molecule has 0 bridgehead atoms. The van der Waals surface area contributed by atoms with E-state index in [1.165, 1.54) is 19.3 Å². The van der Waals surface area contributed by atoms with Crippen molar-refractivity contribution in [1.29, 1.82) is 0 Å². The van der Waals surface area contributed by atoms with Gasteiger partial charge in [0.25, 0.3) is 0 Å². The van der Waals surface area contributed by atoms with Gasteiger partial charge in [-0.3, -0.25) is 9.69 Å². The lowest BCUT2D eigenvalue weighted by Crippen LogP contribution is -2.29. The number of carboxylic acid groups (broad SMARTS) is 1. The molecule has 0 radical (unpaired) electrons. The highest BCUT2D eigenvalue weighted by atomic mass is 35.5. The zero-order valence-electron chi connectivity index (χ0n) is 10.8. The van der Waals surface area contributed by atoms with Crippen LogP contribution in [-0.2, 0) is 11.3 Å². The molecule has 0 aromatic heterocycles. The molecule has 5 heteroatoms. The Balaban J connectivity index is 2.08. The number of nitrogens with two attached hydrogens (primary N) is 1. The molecule has 19 heavy (non-hydrogen) atoms. The summed E-state index contributed by atoms with van der Waals surface area (Å²) >= 11 is 6.22. The Labute approximate surface area is 118 Å². The molecule has 1 aliphatic heterocycles. The van der Waals surface area contributed by atoms with E-state index in [1.807, 2.05) is 6.07 Å². The van der Waals surface area contributed by atoms with E-state index in [-0.39, 0.29) is 0 Å². The number of hydrogen-bond acceptors (Lipinski definition) is 3. The maximum absolute atomic E-state index is 10.8. The van der Waals surface area contributed by atoms with Gasteiger partial charge in [-0.1, -0.05) is 30.2 Å². The molecule has 1 unspecified atom stereocenters. The maximum Gasteiger partial charge on any atom is 0.325 e. The number of rotatable bonds is 4. The Morgan fingerprint density at radius 3 is 2.63 bits per heavy atom. The van der Waals surface area contributed by atoms with Crippen LogP contribution in [0.15, 0.2) is 18.2 Å². The van der Waals surface area contributed by atoms with Crippen molar-refractivity contribution in [2.45, 2.75) is 31.8 Å². The zero-order valence-corrected chi connectivity index (χ0v) is 11.6. The van der Waals surface area contributed by atoms with Gasteiger partial charge in [0.05, 0.1) is 0 Å². The molecule has 3 N–H and O–H groups in total. The average molecular weight is 283 g/mol. The molecule has 1 fully saturated rings. The lowest BCUT2D eigenvalue weighted by Gasteiger charge is -2.26. The molecule has 1 atom stereocenters. The molecule has 0 amide bonds. The van der Waals surface area contributed by atoms with Crippen LogP contribution < -0.4 is 5.73 Å². The normalized spacial score (nSPS) is 18.2. The number of aliphatic carboxylic acids is 1. The highest BCUT2D eigenvalue weighted by Gasteiger charge is 2.17. The van der Waals surface area contributed by atoms with E-state index in [0.717, 1.165) is 25.2 Å². The maximum atomic E-state index is 10.8. The van der Waals surface area contributed by atoms with Gasteiger partial charge in [-0.2, -0.15) is 0 Å². The van der Waals surface area contributed by atoms with Crippen LogP contribution in [0.5, 0.6) is 0 Å². The fraction of sp³-hybridized carbons (Fsp3) is 0.500. The SMILES string of the molecule is NC(C(=O)O)c1ccc(CN2CCCCC2)c(Cl)c1. The molecule has 0 spiro atoms. The summed E-state index contributed by atoms with van der Waals surface area (Å²) in [5, 5.41) is 9.48. The first-order valence-electron chi connectivity index (χ1n) is 6.57. The van der Waals surface area contributed by atoms with Gasteiger partial charge in [0.1, 0.15) is 6.04 Å². The minimum atomic E-state index is -1.04. The van der Waals surface area contributed by atoms with Gasteiger partial charge in [0.2, 0.25) is 0 Å². The first-order valence-corrected chi connectivity index (χ1v) is 6.95. The number of halogens is 1. The summed E-state index contributed by atoms with van der Waals surface area (Å²) < 4.78 is 0. The van der Waals surface area contributed by atoms with Crippen molar-refractivity contribution < 1.29 is 9.90 Å². The summed E-state index contributed by atoms with van der Waals surface area (Å²) in [6.45, 7) is 3.03. The number of nitrogens with zero attached hydrogens (tertiary/aromatic N) is 1. The third-order valence-electron chi connectivity index (χ3n) is 3.54. The number of likely N-dealkylation sites (tertiary alicyclic amines) is 1. The Bertz CT molecular complexity index is 459. The van der Waals surface area contributed by atoms with Crippen LogP contribution in [0.2, 0.25) is 5.02 Å². The van der Waals surface area contributed by atoms with Gasteiger partial charge in [-0.05, 0) is 43.1 Å². The lowest BCUT2D eigenvalue weighted by molar-refractivity contribution is -0.138. The molecule has 104 valence electrons. The molecular formula is C14H19ClN2O2. The molecule has 2 rings (SSSR count). The predicted octanol–water partition coefficient (Wildman–Crippen LogP) is 2.41. The number of carbonyl (C=O) groups is 1. The molecule has 1 aliphatic rings. The average Bonchev–Trinajstić information content (AvgIpc) is 2.41. The van der Waals surface area contributed by atoms with Crippen LogP contribution in [-0.4, -0.2) is 29.1 Å². The third-order valence-corrected chi connectivity index (χ3v) is 3.90. The molecule has 1 aromatic carbocycles. The van der Waals surface area contributed by atoms with Gasteiger partial charge in [0.15, 0.2) is 0 Å². The van der Waals surface area contributed by atoms with Crippen LogP contribution in [0, 0.1) is 0 Å². The van der Waals surface area contributed by atoms with E-state index < -0.39 is 12.0 Å². The summed E-state index contributed by atoms with van der Waals surface area (Å²) in [4.78, 5) is 13.2. The van der Waals surface area contributed by atoms with Crippen molar-refractivity contribution in [2.24, 2.45) is 5.73 Å². The highest BCUT2D eigenvalue weighted by Crippen LogP contribution is 2.23. The highest BCUT2D eigenvalue weighted by molar-refractivity contribution is 6.31. The van der Waals surface area contributed by atoms with Crippen LogP contribution in [0.3, 0.4) is 0 Å². The predicted molar refractivity (Wildman–Crippen MR) is 75.1 cm³/mol. The van der Waals surface area contributed by atoms with Gasteiger partial charge < -0.3 is 10.8 Å². The second-order valence-corrected chi connectivity index (χ2v) is 5.41. The molecule has 0 saturated carbocycles. The van der Waals surface area contributed by atoms with Crippen LogP contribution in [0.25, 0.3) is 0 Å². The minimum absolute atomic E-state index is 0.542. The molecule has 1 aromatic rings. The van der Waals surface area contributed by atoms with Crippen molar-refractivity contribution in [3.8, 4) is 0 Å². The largest absolute Gasteiger partial charge is 0.480 e. The summed E-state index contributed by atoms with van der Waals surface area (Å²) in [6, 6.07) is 4.29. The van der Waals surface area contributed by atoms with Crippen LogP contribution in [0.4, 0.5) is 0 Å². The number of benzene rings is 1. The fourth-order valence-electron chi connectivity index (χ4n) is 2.39. The molecular weight excluding hydrogens is 264 g/mol. The van der Waals surface area contributed by atoms with Crippen molar-refractivity contribution in [1.82, 2.24) is 4.90 Å². The van der Waals surface area contributed by atoms with Gasteiger partial charge in [0, 0.05) is 11.6 Å². The molecule has 1 heterocycles. The molecule has 1 saturated heterocycles. The van der Waals surface area contributed by atoms with E-state index in [9.17, 15) is 4.79 Å². The standard InChI is InChI=1S/C14H19ClN2O2/c15-12-8-10(13(16)14(18)19)4-5-11(12)9-17-6-2-1-3-7-17/h4-5,8,13H,1-3,6-7,9,16H2,(H,18,19).